The molecule has 2 saturated heterocycles. The Bertz CT molecular complexity index is 1070. The molecule has 5 rings (SSSR count). The summed E-state index contributed by atoms with van der Waals surface area (Å²) in [6.45, 7) is 12.5. The number of ether oxygens (including phenoxy) is 4. The number of epoxide rings is 1. The minimum absolute atomic E-state index is 0.209. The summed E-state index contributed by atoms with van der Waals surface area (Å²) in [4.78, 5) is 49.4. The van der Waals surface area contributed by atoms with Crippen LogP contribution in [-0.2, 0) is 38.1 Å². The van der Waals surface area contributed by atoms with Gasteiger partial charge in [0.25, 0.3) is 0 Å². The number of carboxylic acid groups (broad SMARTS) is 1. The normalized spacial score (nSPS) is 51.2. The Morgan fingerprint density at radius 2 is 1.54 bits per heavy atom. The first kappa shape index (κ1) is 26.4. The van der Waals surface area contributed by atoms with Gasteiger partial charge < -0.3 is 29.2 Å². The van der Waals surface area contributed by atoms with Crippen molar-refractivity contribution in [1.29, 1.82) is 0 Å². The molecule has 0 aromatic heterocycles. The van der Waals surface area contributed by atoms with Crippen molar-refractivity contribution >= 4 is 23.9 Å². The van der Waals surface area contributed by atoms with Gasteiger partial charge in [-0.15, -0.1) is 0 Å². The third-order valence-electron chi connectivity index (χ3n) is 11.3. The number of cyclic esters (lactones) is 1. The van der Waals surface area contributed by atoms with E-state index in [1.807, 2.05) is 20.8 Å². The zero-order valence-electron chi connectivity index (χ0n) is 22.5. The molecule has 1 spiro atoms. The molecule has 0 aromatic carbocycles. The fourth-order valence-corrected chi connectivity index (χ4v) is 9.68. The van der Waals surface area contributed by atoms with Gasteiger partial charge in [0.1, 0.15) is 17.8 Å². The molecule has 3 saturated carbocycles. The number of hydrogen-bond acceptors (Lipinski definition) is 9. The predicted molar refractivity (Wildman–Crippen MR) is 126 cm³/mol. The molecule has 11 atom stereocenters. The van der Waals surface area contributed by atoms with E-state index in [1.165, 1.54) is 13.8 Å². The molecule has 0 amide bonds. The Morgan fingerprint density at radius 3 is 2.11 bits per heavy atom. The van der Waals surface area contributed by atoms with E-state index in [1.54, 1.807) is 6.92 Å². The summed E-state index contributed by atoms with van der Waals surface area (Å²) in [5.74, 6) is -3.33. The number of aliphatic carboxylic acids is 1. The predicted octanol–water partition coefficient (Wildman–Crippen LogP) is 2.24. The van der Waals surface area contributed by atoms with Crippen molar-refractivity contribution in [3.05, 3.63) is 0 Å². The van der Waals surface area contributed by atoms with Crippen LogP contribution in [0.3, 0.4) is 0 Å². The highest BCUT2D eigenvalue weighted by molar-refractivity contribution is 5.87. The van der Waals surface area contributed by atoms with Crippen LogP contribution in [0.15, 0.2) is 0 Å². The second kappa shape index (κ2) is 7.68. The number of carbonyl (C=O) groups is 4. The molecular weight excluding hydrogens is 484 g/mol. The quantitative estimate of drug-likeness (QED) is 0.321. The fraction of sp³-hybridized carbons (Fsp3) is 0.852. The lowest BCUT2D eigenvalue weighted by Crippen LogP contribution is -2.76. The van der Waals surface area contributed by atoms with Crippen molar-refractivity contribution in [2.75, 3.05) is 0 Å². The van der Waals surface area contributed by atoms with Crippen LogP contribution in [0.5, 0.6) is 0 Å². The lowest BCUT2D eigenvalue weighted by Gasteiger charge is -2.71. The van der Waals surface area contributed by atoms with E-state index in [2.05, 4.69) is 6.92 Å². The summed E-state index contributed by atoms with van der Waals surface area (Å²) in [5.41, 5.74) is -4.53. The minimum atomic E-state index is -1.39. The zero-order valence-corrected chi connectivity index (χ0v) is 22.5. The van der Waals surface area contributed by atoms with Crippen LogP contribution in [-0.4, -0.2) is 70.2 Å². The minimum Gasteiger partial charge on any atom is -0.478 e. The van der Waals surface area contributed by atoms with Crippen molar-refractivity contribution < 1.29 is 48.3 Å². The first-order chi connectivity index (χ1) is 17.0. The molecule has 37 heavy (non-hydrogen) atoms. The lowest BCUT2D eigenvalue weighted by molar-refractivity contribution is -0.295. The third kappa shape index (κ3) is 3.00. The van der Waals surface area contributed by atoms with Gasteiger partial charge in [0.15, 0.2) is 6.10 Å². The van der Waals surface area contributed by atoms with E-state index in [0.717, 1.165) is 0 Å². The smallest absolute Gasteiger partial charge is 0.345 e. The van der Waals surface area contributed by atoms with Crippen molar-refractivity contribution in [3.63, 3.8) is 0 Å². The third-order valence-corrected chi connectivity index (χ3v) is 11.3. The van der Waals surface area contributed by atoms with Gasteiger partial charge in [0.05, 0.1) is 6.10 Å². The van der Waals surface area contributed by atoms with Crippen LogP contribution < -0.4 is 0 Å². The number of rotatable bonds is 3. The summed E-state index contributed by atoms with van der Waals surface area (Å²) in [6.07, 6.45) is -2.96. The maximum Gasteiger partial charge on any atom is 0.345 e. The van der Waals surface area contributed by atoms with E-state index in [4.69, 9.17) is 18.9 Å². The van der Waals surface area contributed by atoms with Crippen molar-refractivity contribution in [2.24, 2.45) is 33.5 Å². The molecule has 10 nitrogen and oxygen atoms in total. The Labute approximate surface area is 216 Å². The zero-order chi connectivity index (χ0) is 27.5. The first-order valence-electron chi connectivity index (χ1n) is 13.1. The monoisotopic (exact) mass is 522 g/mol. The van der Waals surface area contributed by atoms with Gasteiger partial charge in [-0.1, -0.05) is 34.6 Å². The van der Waals surface area contributed by atoms with Crippen LogP contribution >= 0.6 is 0 Å². The summed E-state index contributed by atoms with van der Waals surface area (Å²) >= 11 is 0. The maximum absolute atomic E-state index is 12.9. The summed E-state index contributed by atoms with van der Waals surface area (Å²) < 4.78 is 23.2. The van der Waals surface area contributed by atoms with E-state index in [9.17, 15) is 29.4 Å². The molecule has 2 N–H and O–H groups in total. The summed E-state index contributed by atoms with van der Waals surface area (Å²) in [7, 11) is 0. The van der Waals surface area contributed by atoms with Gasteiger partial charge in [-0.2, -0.15) is 0 Å². The number of fused-ring (bicyclic) bond motifs is 3. The molecule has 0 bridgehead atoms. The molecule has 5 aliphatic rings. The van der Waals surface area contributed by atoms with Crippen LogP contribution in [0.4, 0.5) is 0 Å². The van der Waals surface area contributed by atoms with Gasteiger partial charge in [0.2, 0.25) is 6.10 Å². The molecule has 0 aromatic rings. The van der Waals surface area contributed by atoms with Gasteiger partial charge in [-0.3, -0.25) is 9.59 Å². The maximum atomic E-state index is 12.9. The number of hydrogen-bond donors (Lipinski definition) is 2. The second-order valence-corrected chi connectivity index (χ2v) is 13.1. The van der Waals surface area contributed by atoms with Crippen LogP contribution in [0.25, 0.3) is 0 Å². The Hall–Kier alpha value is -2.20. The Morgan fingerprint density at radius 1 is 0.946 bits per heavy atom. The molecule has 11 unspecified atom stereocenters. The Kier molecular flexibility index (Phi) is 5.48. The number of esters is 3. The van der Waals surface area contributed by atoms with Gasteiger partial charge in [-0.25, -0.2) is 9.59 Å². The SMILES string of the molecule is CC(=O)OC1CC(OC(C)=O)C2(C)C(CC(O)C3(C)C2CCC2(C)C(C(=O)O)OC(=O)C4OC423)C1(C)C. The largest absolute Gasteiger partial charge is 0.478 e. The summed E-state index contributed by atoms with van der Waals surface area (Å²) in [5, 5.41) is 21.9. The van der Waals surface area contributed by atoms with E-state index in [-0.39, 0.29) is 18.3 Å². The highest BCUT2D eigenvalue weighted by Gasteiger charge is 2.89. The summed E-state index contributed by atoms with van der Waals surface area (Å²) in [6, 6.07) is 0. The molecule has 0 radical (unpaired) electrons. The number of aliphatic hydroxyl groups excluding tert-OH is 1. The highest BCUT2D eigenvalue weighted by atomic mass is 16.7. The molecule has 10 heteroatoms. The molecule has 2 aliphatic heterocycles. The van der Waals surface area contributed by atoms with Gasteiger partial charge in [-0.05, 0) is 31.1 Å². The average Bonchev–Trinajstić information content (AvgIpc) is 3.54. The van der Waals surface area contributed by atoms with Crippen LogP contribution in [0.2, 0.25) is 0 Å². The number of carbonyl (C=O) groups excluding carboxylic acids is 3. The van der Waals surface area contributed by atoms with E-state index in [0.29, 0.717) is 19.3 Å². The molecule has 3 aliphatic carbocycles. The standard InChI is InChI=1S/C27H38O10/c1-12(28)34-17-11-18(35-13(2)29)25(6)14-8-9-24(5)19(21(31)32)36-22(33)20-27(24,37-20)26(14,7)16(30)10-15(25)23(17,3)4/h14-20,30H,8-11H2,1-7H3,(H,31,32). The molecule has 206 valence electrons. The second-order valence-electron chi connectivity index (χ2n) is 13.1. The topological polar surface area (TPSA) is 149 Å². The van der Waals surface area contributed by atoms with Crippen LogP contribution in [0.1, 0.15) is 74.1 Å². The molecule has 2 heterocycles. The van der Waals surface area contributed by atoms with Crippen LogP contribution in [0, 0.1) is 33.5 Å². The number of carboxylic acids is 1. The van der Waals surface area contributed by atoms with Crippen molar-refractivity contribution in [2.45, 2.75) is 110 Å². The lowest BCUT2D eigenvalue weighted by atomic mass is 9.34. The van der Waals surface area contributed by atoms with Gasteiger partial charge in [0, 0.05) is 41.9 Å². The van der Waals surface area contributed by atoms with E-state index < -0.39 is 81.7 Å². The van der Waals surface area contributed by atoms with Crippen molar-refractivity contribution in [1.82, 2.24) is 0 Å². The Balaban J connectivity index is 1.66. The molecular formula is C27H38O10. The first-order valence-corrected chi connectivity index (χ1v) is 13.1. The average molecular weight is 523 g/mol. The number of aliphatic hydroxyl groups is 1. The van der Waals surface area contributed by atoms with Gasteiger partial charge >= 0.3 is 23.9 Å². The fourth-order valence-electron chi connectivity index (χ4n) is 9.68. The van der Waals surface area contributed by atoms with Crippen molar-refractivity contribution in [3.8, 4) is 0 Å². The van der Waals surface area contributed by atoms with E-state index >= 15 is 0 Å². The molecule has 5 fully saturated rings. The highest BCUT2D eigenvalue weighted by Crippen LogP contribution is 2.78.